The molecule has 1 heterocycles. The Morgan fingerprint density at radius 1 is 1.27 bits per heavy atom. The molecule has 0 saturated carbocycles. The number of carbonyl (C=O) groups excluding carboxylic acids is 1. The highest BCUT2D eigenvalue weighted by atomic mass is 79.9. The summed E-state index contributed by atoms with van der Waals surface area (Å²) < 4.78 is 8.28. The molecule has 162 valence electrons. The number of aliphatic imine (C=N–C) groups is 1. The zero-order valence-corrected chi connectivity index (χ0v) is 19.3. The molecular weight excluding hydrogens is 452 g/mol. The van der Waals surface area contributed by atoms with Gasteiger partial charge in [0.05, 0.1) is 6.61 Å². The van der Waals surface area contributed by atoms with E-state index >= 15 is 0 Å². The maximum absolute atomic E-state index is 12.9. The third kappa shape index (κ3) is 5.91. The van der Waals surface area contributed by atoms with Crippen LogP contribution in [0.15, 0.2) is 43.3 Å². The topological polar surface area (TPSA) is 85.9 Å². The highest BCUT2D eigenvalue weighted by molar-refractivity contribution is 9.10. The third-order valence-corrected chi connectivity index (χ3v) is 5.03. The molecule has 0 bridgehead atoms. The number of benzene rings is 1. The first-order valence-corrected chi connectivity index (χ1v) is 10.5. The maximum Gasteiger partial charge on any atom is 0.332 e. The average Bonchev–Trinajstić information content (AvgIpc) is 2.70. The second-order valence-electron chi connectivity index (χ2n) is 6.87. The van der Waals surface area contributed by atoms with Gasteiger partial charge in [-0.2, -0.15) is 0 Å². The van der Waals surface area contributed by atoms with Crippen LogP contribution in [0.25, 0.3) is 0 Å². The smallest absolute Gasteiger partial charge is 0.332 e. The van der Waals surface area contributed by atoms with Gasteiger partial charge in [-0.3, -0.25) is 18.7 Å². The van der Waals surface area contributed by atoms with Crippen LogP contribution in [0, 0.1) is 0 Å². The molecule has 0 saturated heterocycles. The lowest BCUT2D eigenvalue weighted by Gasteiger charge is -2.22. The van der Waals surface area contributed by atoms with Gasteiger partial charge in [-0.1, -0.05) is 28.1 Å². The minimum Gasteiger partial charge on any atom is -0.466 e. The molecule has 0 unspecified atom stereocenters. The molecule has 0 spiro atoms. The summed E-state index contributed by atoms with van der Waals surface area (Å²) in [5, 5.41) is 0. The number of anilines is 1. The fraction of sp³-hybridized carbons (Fsp3) is 0.429. The van der Waals surface area contributed by atoms with Crippen molar-refractivity contribution in [3.05, 3.63) is 55.1 Å². The van der Waals surface area contributed by atoms with Crippen LogP contribution >= 0.6 is 15.9 Å². The Balaban J connectivity index is 2.30. The van der Waals surface area contributed by atoms with E-state index in [0.717, 1.165) is 14.6 Å². The van der Waals surface area contributed by atoms with Crippen molar-refractivity contribution in [2.75, 3.05) is 18.6 Å². The minimum absolute atomic E-state index is 0.249. The van der Waals surface area contributed by atoms with E-state index in [9.17, 15) is 14.4 Å². The molecule has 0 aliphatic rings. The Kier molecular flexibility index (Phi) is 8.58. The first kappa shape index (κ1) is 23.6. The van der Waals surface area contributed by atoms with Gasteiger partial charge < -0.3 is 9.64 Å². The molecule has 0 N–H and O–H groups in total. The highest BCUT2D eigenvalue weighted by Gasteiger charge is 2.19. The van der Waals surface area contributed by atoms with Crippen LogP contribution in [0.2, 0.25) is 0 Å². The summed E-state index contributed by atoms with van der Waals surface area (Å²) in [6, 6.07) is 7.79. The van der Waals surface area contributed by atoms with Crippen molar-refractivity contribution in [3.8, 4) is 0 Å². The number of aromatic nitrogens is 2. The molecule has 1 aromatic heterocycles. The van der Waals surface area contributed by atoms with Gasteiger partial charge in [-0.15, -0.1) is 0 Å². The molecule has 0 atom stereocenters. The van der Waals surface area contributed by atoms with Crippen molar-refractivity contribution in [1.29, 1.82) is 0 Å². The number of halogens is 1. The predicted octanol–water partition coefficient (Wildman–Crippen LogP) is 2.92. The number of esters is 1. The lowest BCUT2D eigenvalue weighted by molar-refractivity contribution is -0.143. The van der Waals surface area contributed by atoms with Crippen LogP contribution in [-0.4, -0.2) is 35.0 Å². The van der Waals surface area contributed by atoms with Gasteiger partial charge in [-0.25, -0.2) is 9.79 Å². The summed E-state index contributed by atoms with van der Waals surface area (Å²) in [6.45, 7) is 2.59. The number of hydrogen-bond acceptors (Lipinski definition) is 6. The fourth-order valence-electron chi connectivity index (χ4n) is 3.01. The Hall–Kier alpha value is -2.68. The number of unbranched alkanes of at least 4 members (excludes halogenated alkanes) is 1. The molecular formula is C21H27BrN4O4. The second-order valence-corrected chi connectivity index (χ2v) is 7.79. The van der Waals surface area contributed by atoms with Gasteiger partial charge in [0.25, 0.3) is 5.56 Å². The van der Waals surface area contributed by atoms with Crippen LogP contribution in [0.4, 0.5) is 11.5 Å². The quantitative estimate of drug-likeness (QED) is 0.314. The number of rotatable bonds is 9. The Bertz CT molecular complexity index is 1040. The molecule has 0 aliphatic carbocycles. The maximum atomic E-state index is 12.9. The Morgan fingerprint density at radius 3 is 2.67 bits per heavy atom. The lowest BCUT2D eigenvalue weighted by atomic mass is 10.2. The summed E-state index contributed by atoms with van der Waals surface area (Å²) in [4.78, 5) is 42.9. The summed E-state index contributed by atoms with van der Waals surface area (Å²) in [5.41, 5.74) is 0.487. The second kappa shape index (κ2) is 10.9. The van der Waals surface area contributed by atoms with E-state index in [1.54, 1.807) is 32.1 Å². The van der Waals surface area contributed by atoms with Gasteiger partial charge in [0.15, 0.2) is 5.82 Å². The van der Waals surface area contributed by atoms with Crippen molar-refractivity contribution in [1.82, 2.24) is 9.13 Å². The SMILES string of the molecule is CCOC(=O)CCC/C=N/c1c(N(C)Cc2cccc(Br)c2)c(=O)n(C)c(=O)n1C. The zero-order valence-electron chi connectivity index (χ0n) is 17.7. The summed E-state index contributed by atoms with van der Waals surface area (Å²) in [5.74, 6) is 0.0399. The average molecular weight is 479 g/mol. The van der Waals surface area contributed by atoms with Crippen molar-refractivity contribution in [3.63, 3.8) is 0 Å². The van der Waals surface area contributed by atoms with E-state index in [4.69, 9.17) is 4.74 Å². The zero-order chi connectivity index (χ0) is 22.3. The van der Waals surface area contributed by atoms with Crippen LogP contribution in [0.1, 0.15) is 31.7 Å². The summed E-state index contributed by atoms with van der Waals surface area (Å²) >= 11 is 3.45. The van der Waals surface area contributed by atoms with E-state index in [-0.39, 0.29) is 11.8 Å². The fourth-order valence-corrected chi connectivity index (χ4v) is 3.45. The molecule has 8 nitrogen and oxygen atoms in total. The number of ether oxygens (including phenoxy) is 1. The molecule has 30 heavy (non-hydrogen) atoms. The monoisotopic (exact) mass is 478 g/mol. The van der Waals surface area contributed by atoms with Gasteiger partial charge in [0.2, 0.25) is 0 Å². The molecule has 9 heteroatoms. The van der Waals surface area contributed by atoms with Crippen LogP contribution in [0.5, 0.6) is 0 Å². The van der Waals surface area contributed by atoms with Crippen LogP contribution < -0.4 is 16.1 Å². The molecule has 2 rings (SSSR count). The summed E-state index contributed by atoms with van der Waals surface area (Å²) in [6.07, 6.45) is 3.02. The van der Waals surface area contributed by atoms with E-state index in [1.807, 2.05) is 24.3 Å². The highest BCUT2D eigenvalue weighted by Crippen LogP contribution is 2.24. The Labute approximate surface area is 183 Å². The van der Waals surface area contributed by atoms with Crippen LogP contribution in [-0.2, 0) is 30.2 Å². The van der Waals surface area contributed by atoms with Crippen molar-refractivity contribution in [2.45, 2.75) is 32.7 Å². The standard InChI is InChI=1S/C21H27BrN4O4/c1-5-30-17(27)11-6-7-12-23-19-18(20(28)26(4)21(29)25(19)3)24(2)14-15-9-8-10-16(22)13-15/h8-10,12-13H,5-7,11,14H2,1-4H3/b23-12+. The van der Waals surface area contributed by atoms with Crippen molar-refractivity contribution < 1.29 is 9.53 Å². The molecule has 0 amide bonds. The van der Waals surface area contributed by atoms with Crippen molar-refractivity contribution >= 4 is 39.6 Å². The first-order chi connectivity index (χ1) is 14.3. The first-order valence-electron chi connectivity index (χ1n) is 9.70. The molecule has 1 aromatic carbocycles. The third-order valence-electron chi connectivity index (χ3n) is 4.53. The normalized spacial score (nSPS) is 11.1. The van der Waals surface area contributed by atoms with E-state index in [2.05, 4.69) is 20.9 Å². The largest absolute Gasteiger partial charge is 0.466 e. The van der Waals surface area contributed by atoms with Crippen molar-refractivity contribution in [2.24, 2.45) is 19.1 Å². The van der Waals surface area contributed by atoms with Crippen LogP contribution in [0.3, 0.4) is 0 Å². The minimum atomic E-state index is -0.446. The predicted molar refractivity (Wildman–Crippen MR) is 122 cm³/mol. The molecule has 0 fully saturated rings. The van der Waals surface area contributed by atoms with Gasteiger partial charge >= 0.3 is 11.7 Å². The number of nitrogens with zero attached hydrogens (tertiary/aromatic N) is 4. The molecule has 0 radical (unpaired) electrons. The summed E-state index contributed by atoms with van der Waals surface area (Å²) in [7, 11) is 4.83. The van der Waals surface area contributed by atoms with E-state index in [0.29, 0.717) is 38.1 Å². The lowest BCUT2D eigenvalue weighted by Crippen LogP contribution is -2.40. The van der Waals surface area contributed by atoms with Gasteiger partial charge in [-0.05, 0) is 37.5 Å². The number of carbonyl (C=O) groups is 1. The van der Waals surface area contributed by atoms with E-state index in [1.165, 1.54) is 11.6 Å². The van der Waals surface area contributed by atoms with Gasteiger partial charge in [0.1, 0.15) is 5.69 Å². The Morgan fingerprint density at radius 2 is 2.00 bits per heavy atom. The van der Waals surface area contributed by atoms with Gasteiger partial charge in [0, 0.05) is 44.8 Å². The molecule has 0 aliphatic heterocycles. The molecule has 2 aromatic rings. The van der Waals surface area contributed by atoms with E-state index < -0.39 is 11.2 Å². The number of hydrogen-bond donors (Lipinski definition) is 0.